The quantitative estimate of drug-likeness (QED) is 0.101. The van der Waals surface area contributed by atoms with E-state index in [9.17, 15) is 29.8 Å². The average molecular weight is 620 g/mol. The number of carbonyl (C=O) groups excluding carboxylic acids is 2. The number of nitrogens with zero attached hydrogens (tertiary/aromatic N) is 3. The van der Waals surface area contributed by atoms with E-state index >= 15 is 0 Å². The maximum atomic E-state index is 13.3. The molecule has 1 aliphatic rings. The highest BCUT2D eigenvalue weighted by Gasteiger charge is 2.38. The number of ether oxygens (including phenoxy) is 3. The van der Waals surface area contributed by atoms with Crippen molar-refractivity contribution in [2.45, 2.75) is 45.4 Å². The molecule has 1 aliphatic heterocycles. The molecule has 0 radical (unpaired) electrons. The van der Waals surface area contributed by atoms with Crippen LogP contribution in [-0.4, -0.2) is 52.3 Å². The highest BCUT2D eigenvalue weighted by atomic mass is 16.6. The average Bonchev–Trinajstić information content (AvgIpc) is 3.50. The smallest absolute Gasteiger partial charge is 0.336 e. The largest absolute Gasteiger partial charge is 0.477 e. The molecule has 0 saturated heterocycles. The number of unbranched alkanes of at least 4 members (excludes halogenated alkanes) is 3. The molecule has 1 atom stereocenters. The Morgan fingerprint density at radius 1 is 0.844 bits per heavy atom. The number of esters is 2. The molecule has 4 rings (SSSR count). The molecule has 236 valence electrons. The Labute approximate surface area is 258 Å². The van der Waals surface area contributed by atoms with E-state index < -0.39 is 27.7 Å². The monoisotopic (exact) mass is 619 g/mol. The lowest BCUT2D eigenvalue weighted by molar-refractivity contribution is -0.385. The molecular weight excluding hydrogens is 586 g/mol. The van der Waals surface area contributed by atoms with Gasteiger partial charge in [0.25, 0.3) is 11.4 Å². The predicted molar refractivity (Wildman–Crippen MR) is 162 cm³/mol. The molecule has 14 nitrogen and oxygen atoms in total. The third kappa shape index (κ3) is 7.90. The molecule has 1 aromatic heterocycles. The van der Waals surface area contributed by atoms with Crippen LogP contribution in [0.4, 0.5) is 11.4 Å². The standard InChI is InChI=1S/C31H33N5O9/c1-19-27(30(37)43-3)29(22-9-8-10-24(17-22)36(41)42)28(20(2)32-19)31(38)45-16-7-5-4-6-15-44-26-18-25(33-34-26)21-11-13-23(14-12-21)35(39)40/h8-14,17-18,29,32H,4-7,15-16H2,1-3H3,(H,33,34). The number of nitrogens with one attached hydrogen (secondary N) is 2. The van der Waals surface area contributed by atoms with Crippen molar-refractivity contribution in [3.8, 4) is 17.1 Å². The summed E-state index contributed by atoms with van der Waals surface area (Å²) in [4.78, 5) is 47.4. The molecule has 3 aromatic rings. The lowest BCUT2D eigenvalue weighted by Gasteiger charge is -2.30. The summed E-state index contributed by atoms with van der Waals surface area (Å²) in [6.45, 7) is 3.93. The number of hydrogen-bond donors (Lipinski definition) is 2. The van der Waals surface area contributed by atoms with E-state index in [1.807, 2.05) is 0 Å². The van der Waals surface area contributed by atoms with Crippen LogP contribution in [0, 0.1) is 20.2 Å². The second kappa shape index (κ2) is 14.8. The molecular formula is C31H33N5O9. The van der Waals surface area contributed by atoms with E-state index in [1.54, 1.807) is 38.1 Å². The van der Waals surface area contributed by atoms with Crippen molar-refractivity contribution in [1.82, 2.24) is 15.5 Å². The minimum Gasteiger partial charge on any atom is -0.477 e. The molecule has 0 saturated carbocycles. The van der Waals surface area contributed by atoms with E-state index in [2.05, 4.69) is 15.5 Å². The normalized spacial score (nSPS) is 14.5. The summed E-state index contributed by atoms with van der Waals surface area (Å²) in [6, 6.07) is 13.6. The Morgan fingerprint density at radius 2 is 1.49 bits per heavy atom. The maximum Gasteiger partial charge on any atom is 0.336 e. The van der Waals surface area contributed by atoms with Gasteiger partial charge in [0.1, 0.15) is 0 Å². The topological polar surface area (TPSA) is 189 Å². The van der Waals surface area contributed by atoms with Gasteiger partial charge in [-0.15, -0.1) is 5.10 Å². The second-order valence-corrected chi connectivity index (χ2v) is 10.3. The second-order valence-electron chi connectivity index (χ2n) is 10.3. The van der Waals surface area contributed by atoms with Crippen LogP contribution in [-0.2, 0) is 19.1 Å². The fraction of sp³-hybridized carbons (Fsp3) is 0.323. The number of carbonyl (C=O) groups is 2. The first-order valence-corrected chi connectivity index (χ1v) is 14.2. The molecule has 0 bridgehead atoms. The Balaban J connectivity index is 1.27. The van der Waals surface area contributed by atoms with Crippen LogP contribution in [0.15, 0.2) is 77.1 Å². The minimum atomic E-state index is -0.911. The number of aromatic nitrogens is 2. The molecule has 0 aliphatic carbocycles. The van der Waals surface area contributed by atoms with Crippen molar-refractivity contribution in [3.05, 3.63) is 103 Å². The highest BCUT2D eigenvalue weighted by molar-refractivity contribution is 5.99. The van der Waals surface area contributed by atoms with Crippen LogP contribution in [0.1, 0.15) is 51.0 Å². The molecule has 2 heterocycles. The molecule has 0 amide bonds. The molecule has 14 heteroatoms. The van der Waals surface area contributed by atoms with Crippen molar-refractivity contribution >= 4 is 23.3 Å². The number of H-pyrrole nitrogens is 1. The van der Waals surface area contributed by atoms with Gasteiger partial charge >= 0.3 is 11.9 Å². The summed E-state index contributed by atoms with van der Waals surface area (Å²) < 4.78 is 16.3. The van der Waals surface area contributed by atoms with E-state index in [4.69, 9.17) is 14.2 Å². The Bertz CT molecular complexity index is 1640. The summed E-state index contributed by atoms with van der Waals surface area (Å²) in [5, 5.41) is 32.3. The fourth-order valence-electron chi connectivity index (χ4n) is 5.06. The number of allylic oxidation sites excluding steroid dienone is 2. The third-order valence-electron chi connectivity index (χ3n) is 7.27. The van der Waals surface area contributed by atoms with Crippen LogP contribution in [0.3, 0.4) is 0 Å². The number of aromatic amines is 1. The van der Waals surface area contributed by atoms with E-state index in [1.165, 1.54) is 37.4 Å². The van der Waals surface area contributed by atoms with Gasteiger partial charge in [-0.3, -0.25) is 25.3 Å². The zero-order chi connectivity index (χ0) is 32.5. The highest BCUT2D eigenvalue weighted by Crippen LogP contribution is 2.40. The number of nitro benzene ring substituents is 2. The van der Waals surface area contributed by atoms with Crippen molar-refractivity contribution in [1.29, 1.82) is 0 Å². The van der Waals surface area contributed by atoms with E-state index in [0.29, 0.717) is 41.6 Å². The predicted octanol–water partition coefficient (Wildman–Crippen LogP) is 5.48. The van der Waals surface area contributed by atoms with Gasteiger partial charge in [-0.05, 0) is 57.2 Å². The van der Waals surface area contributed by atoms with Gasteiger partial charge in [0, 0.05) is 47.3 Å². The Hall–Kier alpha value is -5.53. The third-order valence-corrected chi connectivity index (χ3v) is 7.27. The summed E-state index contributed by atoms with van der Waals surface area (Å²) in [7, 11) is 1.23. The van der Waals surface area contributed by atoms with Gasteiger partial charge in [-0.1, -0.05) is 12.1 Å². The lowest BCUT2D eigenvalue weighted by Crippen LogP contribution is -2.32. The van der Waals surface area contributed by atoms with E-state index in [0.717, 1.165) is 24.8 Å². The van der Waals surface area contributed by atoms with Crippen molar-refractivity contribution in [3.63, 3.8) is 0 Å². The van der Waals surface area contributed by atoms with Crippen LogP contribution in [0.2, 0.25) is 0 Å². The zero-order valence-electron chi connectivity index (χ0n) is 25.0. The van der Waals surface area contributed by atoms with Crippen molar-refractivity contribution < 1.29 is 33.6 Å². The lowest BCUT2D eigenvalue weighted by atomic mass is 9.80. The summed E-state index contributed by atoms with van der Waals surface area (Å²) in [5.74, 6) is -1.79. The van der Waals surface area contributed by atoms with Crippen molar-refractivity contribution in [2.75, 3.05) is 20.3 Å². The van der Waals surface area contributed by atoms with Gasteiger partial charge in [0.15, 0.2) is 0 Å². The van der Waals surface area contributed by atoms with E-state index in [-0.39, 0.29) is 29.1 Å². The van der Waals surface area contributed by atoms with Gasteiger partial charge < -0.3 is 19.5 Å². The van der Waals surface area contributed by atoms with Gasteiger partial charge in [0.2, 0.25) is 5.88 Å². The fourth-order valence-corrected chi connectivity index (χ4v) is 5.06. The molecule has 2 aromatic carbocycles. The summed E-state index contributed by atoms with van der Waals surface area (Å²) in [6.07, 6.45) is 2.91. The van der Waals surface area contributed by atoms with Crippen molar-refractivity contribution in [2.24, 2.45) is 0 Å². The minimum absolute atomic E-state index is 0.00677. The Morgan fingerprint density at radius 3 is 2.13 bits per heavy atom. The van der Waals surface area contributed by atoms with Crippen LogP contribution >= 0.6 is 0 Å². The maximum absolute atomic E-state index is 13.3. The molecule has 1 unspecified atom stereocenters. The number of non-ortho nitro benzene ring substituents is 2. The van der Waals surface area contributed by atoms with Crippen LogP contribution in [0.5, 0.6) is 5.88 Å². The Kier molecular flexibility index (Phi) is 10.6. The number of rotatable bonds is 14. The summed E-state index contributed by atoms with van der Waals surface area (Å²) >= 11 is 0. The number of dihydropyridines is 1. The van der Waals surface area contributed by atoms with Crippen LogP contribution in [0.25, 0.3) is 11.3 Å². The molecule has 0 fully saturated rings. The number of methoxy groups -OCH3 is 1. The zero-order valence-corrected chi connectivity index (χ0v) is 25.0. The summed E-state index contributed by atoms with van der Waals surface area (Å²) in [5.41, 5.74) is 2.98. The van der Waals surface area contributed by atoms with Gasteiger partial charge in [0.05, 0.1) is 52.9 Å². The SMILES string of the molecule is COC(=O)C1=C(C)NC(C)=C(C(=O)OCCCCCCOc2cc(-c3ccc([N+](=O)[O-])cc3)[nH]n2)C1c1cccc([N+](=O)[O-])c1. The first-order valence-electron chi connectivity index (χ1n) is 14.2. The number of nitro groups is 2. The number of benzene rings is 2. The first kappa shape index (κ1) is 32.4. The van der Waals surface area contributed by atoms with Gasteiger partial charge in [-0.25, -0.2) is 9.59 Å². The van der Waals surface area contributed by atoms with Gasteiger partial charge in [-0.2, -0.15) is 0 Å². The molecule has 0 spiro atoms. The molecule has 45 heavy (non-hydrogen) atoms. The number of hydrogen-bond acceptors (Lipinski definition) is 11. The first-order chi connectivity index (χ1) is 21.6. The van der Waals surface area contributed by atoms with Crippen LogP contribution < -0.4 is 10.1 Å². The molecule has 2 N–H and O–H groups in total.